The number of nitrogens with zero attached hydrogens (tertiary/aromatic N) is 1. The molecule has 3 aromatic rings. The molecule has 27 heavy (non-hydrogen) atoms. The number of aryl methyl sites for hydroxylation is 1. The van der Waals surface area contributed by atoms with E-state index in [1.165, 1.54) is 12.3 Å². The number of hydrogen-bond donors (Lipinski definition) is 0. The van der Waals surface area contributed by atoms with Crippen molar-refractivity contribution in [3.63, 3.8) is 0 Å². The van der Waals surface area contributed by atoms with Crippen LogP contribution in [0.2, 0.25) is 0 Å². The number of alkyl halides is 3. The van der Waals surface area contributed by atoms with Gasteiger partial charge in [0.05, 0.1) is 19.3 Å². The molecule has 0 atom stereocenters. The van der Waals surface area contributed by atoms with Gasteiger partial charge in [-0.1, -0.05) is 30.3 Å². The number of aromatic nitrogens is 1. The zero-order valence-electron chi connectivity index (χ0n) is 14.6. The van der Waals surface area contributed by atoms with E-state index in [2.05, 4.69) is 0 Å². The first kappa shape index (κ1) is 18.8. The van der Waals surface area contributed by atoms with Gasteiger partial charge in [-0.2, -0.15) is 13.2 Å². The summed E-state index contributed by atoms with van der Waals surface area (Å²) in [5.74, 6) is -0.616. The number of ketones is 1. The summed E-state index contributed by atoms with van der Waals surface area (Å²) in [6, 6.07) is 13.8. The van der Waals surface area contributed by atoms with Gasteiger partial charge in [0.2, 0.25) is 0 Å². The predicted octanol–water partition coefficient (Wildman–Crippen LogP) is 4.86. The number of methoxy groups -OCH3 is 1. The molecule has 0 radical (unpaired) electrons. The van der Waals surface area contributed by atoms with Crippen LogP contribution in [0.5, 0.6) is 11.5 Å². The summed E-state index contributed by atoms with van der Waals surface area (Å²) in [7, 11) is 1.55. The molecule has 0 spiro atoms. The van der Waals surface area contributed by atoms with E-state index in [4.69, 9.17) is 9.47 Å². The molecule has 0 unspecified atom stereocenters. The number of carbonyl (C=O) groups is 1. The lowest BCUT2D eigenvalue weighted by molar-refractivity contribution is -0.0884. The van der Waals surface area contributed by atoms with E-state index in [0.717, 1.165) is 0 Å². The molecule has 0 saturated carbocycles. The number of fused-ring (bicyclic) bond motifs is 1. The molecule has 4 nitrogen and oxygen atoms in total. The monoisotopic (exact) mass is 377 g/mol. The number of ether oxygens (including phenoxy) is 2. The summed E-state index contributed by atoms with van der Waals surface area (Å²) >= 11 is 0. The number of hydrogen-bond acceptors (Lipinski definition) is 3. The minimum atomic E-state index is -4.90. The van der Waals surface area contributed by atoms with E-state index in [9.17, 15) is 18.0 Å². The van der Waals surface area contributed by atoms with Gasteiger partial charge in [-0.3, -0.25) is 4.79 Å². The molecule has 0 bridgehead atoms. The second kappa shape index (κ2) is 7.73. The highest BCUT2D eigenvalue weighted by Gasteiger charge is 2.40. The van der Waals surface area contributed by atoms with Crippen LogP contribution < -0.4 is 9.47 Å². The standard InChI is InChI=1S/C20H18F3NO3/c1-26-17-9-4-5-10-18(17)27-12-6-11-24-13-15(19(25)20(21,22)23)14-7-2-3-8-16(14)24/h2-5,7-10,13H,6,11-12H2,1H3. The van der Waals surface area contributed by atoms with Crippen LogP contribution in [0.15, 0.2) is 54.7 Å². The molecule has 1 heterocycles. The Labute approximate surface area is 154 Å². The van der Waals surface area contributed by atoms with Crippen LogP contribution in [0.1, 0.15) is 16.8 Å². The van der Waals surface area contributed by atoms with Crippen molar-refractivity contribution >= 4 is 16.7 Å². The summed E-state index contributed by atoms with van der Waals surface area (Å²) in [6.45, 7) is 0.774. The van der Waals surface area contributed by atoms with Crippen molar-refractivity contribution in [2.24, 2.45) is 0 Å². The Morgan fingerprint density at radius 1 is 1.04 bits per heavy atom. The van der Waals surface area contributed by atoms with Crippen LogP contribution in [0.25, 0.3) is 10.9 Å². The first-order chi connectivity index (χ1) is 12.9. The molecule has 0 N–H and O–H groups in total. The molecule has 0 aliphatic carbocycles. The molecule has 0 saturated heterocycles. The first-order valence-corrected chi connectivity index (χ1v) is 8.37. The number of halogens is 3. The van der Waals surface area contributed by atoms with Crippen molar-refractivity contribution in [1.29, 1.82) is 0 Å². The fraction of sp³-hybridized carbons (Fsp3) is 0.250. The Balaban J connectivity index is 1.73. The highest BCUT2D eigenvalue weighted by atomic mass is 19.4. The number of carbonyl (C=O) groups excluding carboxylic acids is 1. The van der Waals surface area contributed by atoms with Gasteiger partial charge in [0, 0.05) is 23.6 Å². The average molecular weight is 377 g/mol. The summed E-state index contributed by atoms with van der Waals surface area (Å²) in [4.78, 5) is 11.7. The highest BCUT2D eigenvalue weighted by molar-refractivity contribution is 6.10. The van der Waals surface area contributed by atoms with E-state index >= 15 is 0 Å². The Kier molecular flexibility index (Phi) is 5.39. The number of rotatable bonds is 7. The van der Waals surface area contributed by atoms with Crippen LogP contribution in [0, 0.1) is 0 Å². The molecule has 7 heteroatoms. The molecule has 0 fully saturated rings. The second-order valence-electron chi connectivity index (χ2n) is 5.93. The van der Waals surface area contributed by atoms with Crippen molar-refractivity contribution < 1.29 is 27.4 Å². The maximum absolute atomic E-state index is 12.8. The third kappa shape index (κ3) is 4.07. The SMILES string of the molecule is COc1ccccc1OCCCn1cc(C(=O)C(F)(F)F)c2ccccc21. The molecule has 0 aliphatic rings. The van der Waals surface area contributed by atoms with Crippen LogP contribution in [-0.2, 0) is 6.54 Å². The smallest absolute Gasteiger partial charge is 0.454 e. The number of Topliss-reactive ketones (excluding diaryl/α,β-unsaturated/α-hetero) is 1. The maximum Gasteiger partial charge on any atom is 0.454 e. The molecular formula is C20H18F3NO3. The van der Waals surface area contributed by atoms with Crippen LogP contribution in [-0.4, -0.2) is 30.2 Å². The lowest BCUT2D eigenvalue weighted by Crippen LogP contribution is -2.22. The molecule has 0 aliphatic heterocycles. The van der Waals surface area contributed by atoms with Crippen molar-refractivity contribution in [2.75, 3.05) is 13.7 Å². The molecule has 3 rings (SSSR count). The summed E-state index contributed by atoms with van der Waals surface area (Å²) in [6.07, 6.45) is -3.08. The minimum Gasteiger partial charge on any atom is -0.493 e. The van der Waals surface area contributed by atoms with Crippen molar-refractivity contribution in [3.8, 4) is 11.5 Å². The lowest BCUT2D eigenvalue weighted by atomic mass is 10.1. The van der Waals surface area contributed by atoms with Gasteiger partial charge in [0.25, 0.3) is 5.78 Å². The van der Waals surface area contributed by atoms with Gasteiger partial charge in [-0.25, -0.2) is 0 Å². The van der Waals surface area contributed by atoms with E-state index in [1.54, 1.807) is 42.0 Å². The van der Waals surface area contributed by atoms with Gasteiger partial charge in [0.1, 0.15) is 0 Å². The Bertz CT molecular complexity index is 947. The number of benzene rings is 2. The van der Waals surface area contributed by atoms with E-state index in [0.29, 0.717) is 42.0 Å². The predicted molar refractivity (Wildman–Crippen MR) is 95.4 cm³/mol. The fourth-order valence-electron chi connectivity index (χ4n) is 2.92. The van der Waals surface area contributed by atoms with Crippen LogP contribution in [0.4, 0.5) is 13.2 Å². The first-order valence-electron chi connectivity index (χ1n) is 8.37. The number of para-hydroxylation sites is 3. The van der Waals surface area contributed by atoms with Crippen molar-refractivity contribution in [3.05, 3.63) is 60.3 Å². The molecule has 0 amide bonds. The normalized spacial score (nSPS) is 11.6. The quantitative estimate of drug-likeness (QED) is 0.436. The zero-order chi connectivity index (χ0) is 19.4. The molecular weight excluding hydrogens is 359 g/mol. The van der Waals surface area contributed by atoms with Gasteiger partial charge >= 0.3 is 6.18 Å². The maximum atomic E-state index is 12.8. The minimum absolute atomic E-state index is 0.297. The average Bonchev–Trinajstić information content (AvgIpc) is 3.03. The van der Waals surface area contributed by atoms with E-state index in [1.807, 2.05) is 12.1 Å². The van der Waals surface area contributed by atoms with Gasteiger partial charge in [-0.05, 0) is 24.6 Å². The summed E-state index contributed by atoms with van der Waals surface area (Å²) in [5, 5.41) is 0.297. The Morgan fingerprint density at radius 3 is 2.41 bits per heavy atom. The third-order valence-corrected chi connectivity index (χ3v) is 4.16. The Hall–Kier alpha value is -2.96. The topological polar surface area (TPSA) is 40.5 Å². The van der Waals surface area contributed by atoms with Crippen LogP contribution in [0.3, 0.4) is 0 Å². The zero-order valence-corrected chi connectivity index (χ0v) is 14.6. The second-order valence-corrected chi connectivity index (χ2v) is 5.93. The van der Waals surface area contributed by atoms with E-state index in [-0.39, 0.29) is 5.56 Å². The third-order valence-electron chi connectivity index (χ3n) is 4.16. The highest BCUT2D eigenvalue weighted by Crippen LogP contribution is 2.29. The van der Waals surface area contributed by atoms with Gasteiger partial charge in [0.15, 0.2) is 11.5 Å². The fourth-order valence-corrected chi connectivity index (χ4v) is 2.92. The largest absolute Gasteiger partial charge is 0.493 e. The lowest BCUT2D eigenvalue weighted by Gasteiger charge is -2.11. The Morgan fingerprint density at radius 2 is 1.70 bits per heavy atom. The van der Waals surface area contributed by atoms with E-state index < -0.39 is 12.0 Å². The van der Waals surface area contributed by atoms with Crippen LogP contribution >= 0.6 is 0 Å². The molecule has 142 valence electrons. The van der Waals surface area contributed by atoms with Crippen molar-refractivity contribution in [1.82, 2.24) is 4.57 Å². The molecule has 2 aromatic carbocycles. The van der Waals surface area contributed by atoms with Gasteiger partial charge < -0.3 is 14.0 Å². The molecule has 1 aromatic heterocycles. The summed E-state index contributed by atoms with van der Waals surface area (Å²) in [5.41, 5.74) is 0.256. The van der Waals surface area contributed by atoms with Crippen molar-refractivity contribution in [2.45, 2.75) is 19.1 Å². The summed E-state index contributed by atoms with van der Waals surface area (Å²) < 4.78 is 51.1. The van der Waals surface area contributed by atoms with Gasteiger partial charge in [-0.15, -0.1) is 0 Å².